The van der Waals surface area contributed by atoms with Crippen LogP contribution in [0.4, 0.5) is 5.69 Å². The van der Waals surface area contributed by atoms with E-state index < -0.39 is 0 Å². The van der Waals surface area contributed by atoms with E-state index in [2.05, 4.69) is 17.6 Å². The maximum atomic E-state index is 6.18. The van der Waals surface area contributed by atoms with Crippen molar-refractivity contribution in [1.29, 1.82) is 0 Å². The minimum Gasteiger partial charge on any atom is -0.297 e. The molecule has 1 aliphatic heterocycles. The smallest absolute Gasteiger partial charge is 0.140 e. The lowest BCUT2D eigenvalue weighted by molar-refractivity contribution is 0.404. The van der Waals surface area contributed by atoms with Crippen molar-refractivity contribution in [2.24, 2.45) is 9.98 Å². The molecule has 2 aromatic rings. The maximum Gasteiger partial charge on any atom is 0.140 e. The molecule has 0 amide bonds. The maximum absolute atomic E-state index is 6.18. The summed E-state index contributed by atoms with van der Waals surface area (Å²) in [6.45, 7) is 0.508. The van der Waals surface area contributed by atoms with E-state index >= 15 is 0 Å². The Morgan fingerprint density at radius 2 is 1.91 bits per heavy atom. The van der Waals surface area contributed by atoms with Gasteiger partial charge in [0.1, 0.15) is 5.84 Å². The molecule has 1 N–H and O–H groups in total. The molecule has 0 bridgehead atoms. The molecule has 0 atom stereocenters. The zero-order valence-corrected chi connectivity index (χ0v) is 13.3. The Kier molecular flexibility index (Phi) is 4.22. The van der Waals surface area contributed by atoms with Crippen molar-refractivity contribution < 1.29 is 0 Å². The van der Waals surface area contributed by atoms with Crippen LogP contribution >= 0.6 is 11.6 Å². The standard InChI is InChI=1S/C17H17ClN4/c1-19-22(2)16-11-20-17(12-6-4-3-5-7-12)14-10-13(18)8-9-15(14)21-16/h3-10,19H,11H2,1-2H3. The van der Waals surface area contributed by atoms with Crippen LogP contribution in [0.15, 0.2) is 58.5 Å². The number of rotatable bonds is 2. The van der Waals surface area contributed by atoms with Gasteiger partial charge in [0.15, 0.2) is 0 Å². The van der Waals surface area contributed by atoms with Gasteiger partial charge in [0, 0.05) is 30.2 Å². The fourth-order valence-electron chi connectivity index (χ4n) is 2.36. The van der Waals surface area contributed by atoms with E-state index in [0.29, 0.717) is 11.6 Å². The summed E-state index contributed by atoms with van der Waals surface area (Å²) < 4.78 is 0. The molecule has 0 saturated carbocycles. The molecule has 4 nitrogen and oxygen atoms in total. The number of nitrogens with zero attached hydrogens (tertiary/aromatic N) is 3. The molecule has 112 valence electrons. The summed E-state index contributed by atoms with van der Waals surface area (Å²) in [5.41, 5.74) is 6.88. The van der Waals surface area contributed by atoms with Crippen LogP contribution in [0.2, 0.25) is 5.02 Å². The summed E-state index contributed by atoms with van der Waals surface area (Å²) in [4.78, 5) is 9.51. The SMILES string of the molecule is CNN(C)C1=Nc2ccc(Cl)cc2C(c2ccccc2)=NC1. The van der Waals surface area contributed by atoms with Crippen LogP contribution in [0.5, 0.6) is 0 Å². The first-order valence-corrected chi connectivity index (χ1v) is 7.45. The molecule has 0 aliphatic carbocycles. The lowest BCUT2D eigenvalue weighted by Gasteiger charge is -2.17. The number of hydrogen-bond acceptors (Lipinski definition) is 4. The fourth-order valence-corrected chi connectivity index (χ4v) is 2.53. The van der Waals surface area contributed by atoms with E-state index in [-0.39, 0.29) is 0 Å². The molecule has 3 rings (SSSR count). The van der Waals surface area contributed by atoms with Crippen LogP contribution in [0.1, 0.15) is 11.1 Å². The third kappa shape index (κ3) is 2.89. The van der Waals surface area contributed by atoms with Gasteiger partial charge in [0.2, 0.25) is 0 Å². The van der Waals surface area contributed by atoms with E-state index in [4.69, 9.17) is 21.6 Å². The monoisotopic (exact) mass is 312 g/mol. The molecule has 22 heavy (non-hydrogen) atoms. The zero-order valence-electron chi connectivity index (χ0n) is 12.5. The van der Waals surface area contributed by atoms with E-state index in [0.717, 1.165) is 28.4 Å². The van der Waals surface area contributed by atoms with E-state index in [1.165, 1.54) is 0 Å². The highest BCUT2D eigenvalue weighted by atomic mass is 35.5. The van der Waals surface area contributed by atoms with Gasteiger partial charge in [-0.25, -0.2) is 10.4 Å². The molecule has 0 saturated heterocycles. The Morgan fingerprint density at radius 3 is 2.64 bits per heavy atom. The number of likely N-dealkylation sites (N-methyl/N-ethyl adjacent to an activating group) is 1. The zero-order chi connectivity index (χ0) is 15.5. The molecule has 0 radical (unpaired) electrons. The molecule has 0 spiro atoms. The summed E-state index contributed by atoms with van der Waals surface area (Å²) in [6, 6.07) is 15.8. The predicted molar refractivity (Wildman–Crippen MR) is 92.3 cm³/mol. The summed E-state index contributed by atoms with van der Waals surface area (Å²) in [5.74, 6) is 0.858. The van der Waals surface area contributed by atoms with Crippen molar-refractivity contribution in [3.05, 3.63) is 64.7 Å². The molecule has 2 aromatic carbocycles. The second-order valence-corrected chi connectivity index (χ2v) is 5.44. The average molecular weight is 313 g/mol. The highest BCUT2D eigenvalue weighted by molar-refractivity contribution is 6.31. The van der Waals surface area contributed by atoms with Gasteiger partial charge < -0.3 is 0 Å². The molecule has 5 heteroatoms. The van der Waals surface area contributed by atoms with Crippen molar-refractivity contribution in [3.8, 4) is 0 Å². The molecule has 1 aliphatic rings. The Morgan fingerprint density at radius 1 is 1.14 bits per heavy atom. The molecular formula is C17H17ClN4. The number of hydrogen-bond donors (Lipinski definition) is 1. The number of fused-ring (bicyclic) bond motifs is 1. The van der Waals surface area contributed by atoms with Crippen LogP contribution in [0, 0.1) is 0 Å². The van der Waals surface area contributed by atoms with Gasteiger partial charge in [-0.15, -0.1) is 0 Å². The minimum absolute atomic E-state index is 0.508. The van der Waals surface area contributed by atoms with Crippen molar-refractivity contribution >= 4 is 28.8 Å². The summed E-state index contributed by atoms with van der Waals surface area (Å²) in [7, 11) is 3.79. The normalized spacial score (nSPS) is 13.8. The highest BCUT2D eigenvalue weighted by Crippen LogP contribution is 2.28. The number of amidine groups is 1. The van der Waals surface area contributed by atoms with Crippen LogP contribution in [0.25, 0.3) is 0 Å². The highest BCUT2D eigenvalue weighted by Gasteiger charge is 2.17. The van der Waals surface area contributed by atoms with Gasteiger partial charge in [-0.05, 0) is 18.2 Å². The third-order valence-electron chi connectivity index (χ3n) is 3.61. The molecule has 0 unspecified atom stereocenters. The second-order valence-electron chi connectivity index (χ2n) is 5.00. The summed E-state index contributed by atoms with van der Waals surface area (Å²) in [5, 5.41) is 2.55. The van der Waals surface area contributed by atoms with Crippen molar-refractivity contribution in [2.75, 3.05) is 20.6 Å². The number of aliphatic imine (C=N–C) groups is 2. The first-order chi connectivity index (χ1) is 10.7. The molecule has 0 fully saturated rings. The minimum atomic E-state index is 0.508. The average Bonchev–Trinajstić information content (AvgIpc) is 2.74. The van der Waals surface area contributed by atoms with Gasteiger partial charge in [-0.3, -0.25) is 10.0 Å². The number of hydrazine groups is 1. The Hall–Kier alpha value is -2.17. The van der Waals surface area contributed by atoms with Crippen molar-refractivity contribution in [1.82, 2.24) is 10.4 Å². The first-order valence-electron chi connectivity index (χ1n) is 7.07. The van der Waals surface area contributed by atoms with Crippen LogP contribution in [-0.4, -0.2) is 37.2 Å². The van der Waals surface area contributed by atoms with Gasteiger partial charge in [0.05, 0.1) is 17.9 Å². The molecular weight excluding hydrogens is 296 g/mol. The van der Waals surface area contributed by atoms with Gasteiger partial charge in [-0.2, -0.15) is 0 Å². The molecule has 1 heterocycles. The fraction of sp³-hybridized carbons (Fsp3) is 0.176. The van der Waals surface area contributed by atoms with E-state index in [9.17, 15) is 0 Å². The second kappa shape index (κ2) is 6.30. The lowest BCUT2D eigenvalue weighted by Crippen LogP contribution is -2.38. The Balaban J connectivity index is 2.15. The van der Waals surface area contributed by atoms with Gasteiger partial charge in [0.25, 0.3) is 0 Å². The van der Waals surface area contributed by atoms with E-state index in [1.807, 2.05) is 55.5 Å². The number of nitrogens with one attached hydrogen (secondary N) is 1. The quantitative estimate of drug-likeness (QED) is 0.864. The number of halogens is 1. The predicted octanol–water partition coefficient (Wildman–Crippen LogP) is 3.29. The van der Waals surface area contributed by atoms with Crippen LogP contribution < -0.4 is 5.43 Å². The Bertz CT molecular complexity index is 738. The number of benzene rings is 2. The van der Waals surface area contributed by atoms with Crippen LogP contribution in [0.3, 0.4) is 0 Å². The van der Waals surface area contributed by atoms with Crippen molar-refractivity contribution in [2.45, 2.75) is 0 Å². The topological polar surface area (TPSA) is 40.0 Å². The molecule has 0 aromatic heterocycles. The summed E-state index contributed by atoms with van der Waals surface area (Å²) in [6.07, 6.45) is 0. The Labute approximate surface area is 135 Å². The lowest BCUT2D eigenvalue weighted by atomic mass is 10.0. The van der Waals surface area contributed by atoms with Gasteiger partial charge in [-0.1, -0.05) is 41.9 Å². The largest absolute Gasteiger partial charge is 0.297 e. The van der Waals surface area contributed by atoms with Gasteiger partial charge >= 0.3 is 0 Å². The summed E-state index contributed by atoms with van der Waals surface area (Å²) >= 11 is 6.18. The van der Waals surface area contributed by atoms with Crippen LogP contribution in [-0.2, 0) is 0 Å². The van der Waals surface area contributed by atoms with E-state index in [1.54, 1.807) is 0 Å². The van der Waals surface area contributed by atoms with Crippen molar-refractivity contribution in [3.63, 3.8) is 0 Å². The first kappa shape index (κ1) is 14.8. The third-order valence-corrected chi connectivity index (χ3v) is 3.85.